The van der Waals surface area contributed by atoms with Crippen LogP contribution in [-0.2, 0) is 4.79 Å². The SMILES string of the molecule is NC(=O)CCCCN1c2ccccc2Sc2ccc(Cl)cc21. The first kappa shape index (κ1) is 15.3. The Kier molecular flexibility index (Phi) is 4.60. The quantitative estimate of drug-likeness (QED) is 0.814. The van der Waals surface area contributed by atoms with Gasteiger partial charge < -0.3 is 10.6 Å². The van der Waals surface area contributed by atoms with E-state index in [0.717, 1.165) is 30.1 Å². The lowest BCUT2D eigenvalue weighted by Gasteiger charge is -2.33. The van der Waals surface area contributed by atoms with Crippen molar-refractivity contribution in [3.05, 3.63) is 47.5 Å². The molecule has 0 bridgehead atoms. The third-order valence-electron chi connectivity index (χ3n) is 3.64. The normalized spacial score (nSPS) is 12.7. The van der Waals surface area contributed by atoms with Crippen LogP contribution in [-0.4, -0.2) is 12.5 Å². The molecular weight excluding hydrogens is 316 g/mol. The van der Waals surface area contributed by atoms with Crippen molar-refractivity contribution in [2.45, 2.75) is 29.1 Å². The number of benzene rings is 2. The number of anilines is 2. The zero-order chi connectivity index (χ0) is 15.5. The van der Waals surface area contributed by atoms with Gasteiger partial charge >= 0.3 is 0 Å². The number of nitrogens with zero attached hydrogens (tertiary/aromatic N) is 1. The van der Waals surface area contributed by atoms with Gasteiger partial charge in [-0.25, -0.2) is 0 Å². The molecule has 0 aliphatic carbocycles. The standard InChI is InChI=1S/C17H17ClN2OS/c18-12-8-9-16-14(11-12)20(10-4-3-7-17(19)21)13-5-1-2-6-15(13)22-16/h1-2,5-6,8-9,11H,3-4,7,10H2,(H2,19,21). The van der Waals surface area contributed by atoms with Crippen LogP contribution in [0.5, 0.6) is 0 Å². The van der Waals surface area contributed by atoms with Crippen molar-refractivity contribution in [2.24, 2.45) is 5.73 Å². The molecule has 0 unspecified atom stereocenters. The number of nitrogens with two attached hydrogens (primary N) is 1. The summed E-state index contributed by atoms with van der Waals surface area (Å²) in [6.45, 7) is 0.845. The molecule has 0 saturated heterocycles. The highest BCUT2D eigenvalue weighted by atomic mass is 35.5. The van der Waals surface area contributed by atoms with Crippen molar-refractivity contribution >= 4 is 40.6 Å². The zero-order valence-electron chi connectivity index (χ0n) is 12.1. The molecule has 22 heavy (non-hydrogen) atoms. The fourth-order valence-corrected chi connectivity index (χ4v) is 3.85. The second-order valence-corrected chi connectivity index (χ2v) is 6.78. The van der Waals surface area contributed by atoms with Crippen LogP contribution in [0.25, 0.3) is 0 Å². The second-order valence-electron chi connectivity index (χ2n) is 5.26. The maximum absolute atomic E-state index is 10.9. The molecule has 3 nitrogen and oxygen atoms in total. The number of amides is 1. The summed E-state index contributed by atoms with van der Waals surface area (Å²) >= 11 is 7.94. The molecule has 1 aliphatic rings. The second kappa shape index (κ2) is 6.63. The topological polar surface area (TPSA) is 46.3 Å². The van der Waals surface area contributed by atoms with Gasteiger partial charge in [-0.15, -0.1) is 0 Å². The lowest BCUT2D eigenvalue weighted by atomic mass is 10.1. The predicted molar refractivity (Wildman–Crippen MR) is 92.1 cm³/mol. The summed E-state index contributed by atoms with van der Waals surface area (Å²) in [6.07, 6.45) is 2.15. The minimum Gasteiger partial charge on any atom is -0.370 e. The Hall–Kier alpha value is -1.65. The van der Waals surface area contributed by atoms with Gasteiger partial charge in [-0.1, -0.05) is 35.5 Å². The molecule has 2 aromatic carbocycles. The summed E-state index contributed by atoms with van der Waals surface area (Å²) in [5, 5.41) is 0.737. The van der Waals surface area contributed by atoms with E-state index in [0.29, 0.717) is 6.42 Å². The van der Waals surface area contributed by atoms with E-state index in [9.17, 15) is 4.79 Å². The van der Waals surface area contributed by atoms with E-state index < -0.39 is 0 Å². The summed E-state index contributed by atoms with van der Waals surface area (Å²) in [7, 11) is 0. The van der Waals surface area contributed by atoms with E-state index in [1.165, 1.54) is 15.5 Å². The summed E-state index contributed by atoms with van der Waals surface area (Å²) in [4.78, 5) is 15.6. The van der Waals surface area contributed by atoms with Gasteiger partial charge in [-0.2, -0.15) is 0 Å². The lowest BCUT2D eigenvalue weighted by Crippen LogP contribution is -2.22. The van der Waals surface area contributed by atoms with Crippen LogP contribution in [0.1, 0.15) is 19.3 Å². The monoisotopic (exact) mass is 332 g/mol. The van der Waals surface area contributed by atoms with Crippen LogP contribution >= 0.6 is 23.4 Å². The minimum absolute atomic E-state index is 0.238. The van der Waals surface area contributed by atoms with Crippen molar-refractivity contribution in [1.82, 2.24) is 0 Å². The molecule has 114 valence electrons. The summed E-state index contributed by atoms with van der Waals surface area (Å²) in [5.74, 6) is -0.238. The number of hydrogen-bond acceptors (Lipinski definition) is 3. The van der Waals surface area contributed by atoms with Crippen molar-refractivity contribution < 1.29 is 4.79 Å². The van der Waals surface area contributed by atoms with Crippen LogP contribution in [0.3, 0.4) is 0 Å². The number of carbonyl (C=O) groups is 1. The van der Waals surface area contributed by atoms with E-state index in [2.05, 4.69) is 29.2 Å². The van der Waals surface area contributed by atoms with Crippen LogP contribution in [0, 0.1) is 0 Å². The van der Waals surface area contributed by atoms with Gasteiger partial charge in [0.05, 0.1) is 11.4 Å². The number of unbranched alkanes of at least 4 members (excludes halogenated alkanes) is 1. The fraction of sp³-hybridized carbons (Fsp3) is 0.235. The van der Waals surface area contributed by atoms with Crippen molar-refractivity contribution in [3.63, 3.8) is 0 Å². The number of primary amides is 1. The Morgan fingerprint density at radius 3 is 2.68 bits per heavy atom. The highest BCUT2D eigenvalue weighted by Gasteiger charge is 2.22. The molecular formula is C17H17ClN2OS. The number of carbonyl (C=O) groups excluding carboxylic acids is 1. The maximum Gasteiger partial charge on any atom is 0.217 e. The Labute approximate surface area is 139 Å². The highest BCUT2D eigenvalue weighted by molar-refractivity contribution is 7.99. The van der Waals surface area contributed by atoms with Gasteiger partial charge in [-0.05, 0) is 43.2 Å². The van der Waals surface area contributed by atoms with Crippen molar-refractivity contribution in [3.8, 4) is 0 Å². The molecule has 2 N–H and O–H groups in total. The molecule has 5 heteroatoms. The minimum atomic E-state index is -0.238. The zero-order valence-corrected chi connectivity index (χ0v) is 13.7. The Bertz CT molecular complexity index is 705. The van der Waals surface area contributed by atoms with Gasteiger partial charge in [0.25, 0.3) is 0 Å². The molecule has 0 fully saturated rings. The van der Waals surface area contributed by atoms with Gasteiger partial charge in [0.15, 0.2) is 0 Å². The average molecular weight is 333 g/mol. The molecule has 0 saturated carbocycles. The molecule has 2 aromatic rings. The molecule has 0 atom stereocenters. The third-order valence-corrected chi connectivity index (χ3v) is 5.01. The molecule has 0 radical (unpaired) electrons. The van der Waals surface area contributed by atoms with E-state index >= 15 is 0 Å². The number of halogens is 1. The van der Waals surface area contributed by atoms with E-state index in [1.807, 2.05) is 18.2 Å². The van der Waals surface area contributed by atoms with Gasteiger partial charge in [-0.3, -0.25) is 4.79 Å². The third kappa shape index (κ3) is 3.23. The number of fused-ring (bicyclic) bond motifs is 2. The summed E-state index contributed by atoms with van der Waals surface area (Å²) in [5.41, 5.74) is 7.54. The van der Waals surface area contributed by atoms with Gasteiger partial charge in [0.1, 0.15) is 0 Å². The molecule has 1 amide bonds. The maximum atomic E-state index is 10.9. The number of rotatable bonds is 5. The Morgan fingerprint density at radius 1 is 1.09 bits per heavy atom. The smallest absolute Gasteiger partial charge is 0.217 e. The number of hydrogen-bond donors (Lipinski definition) is 1. The largest absolute Gasteiger partial charge is 0.370 e. The van der Waals surface area contributed by atoms with Crippen molar-refractivity contribution in [1.29, 1.82) is 0 Å². The van der Waals surface area contributed by atoms with Crippen LogP contribution in [0.2, 0.25) is 5.02 Å². The lowest BCUT2D eigenvalue weighted by molar-refractivity contribution is -0.118. The molecule has 3 rings (SSSR count). The Balaban J connectivity index is 1.87. The molecule has 0 aromatic heterocycles. The predicted octanol–water partition coefficient (Wildman–Crippen LogP) is 4.60. The molecule has 1 heterocycles. The Morgan fingerprint density at radius 2 is 1.86 bits per heavy atom. The van der Waals surface area contributed by atoms with Gasteiger partial charge in [0, 0.05) is 27.8 Å². The van der Waals surface area contributed by atoms with Crippen LogP contribution in [0.4, 0.5) is 11.4 Å². The van der Waals surface area contributed by atoms with Crippen LogP contribution < -0.4 is 10.6 Å². The van der Waals surface area contributed by atoms with Crippen LogP contribution in [0.15, 0.2) is 52.3 Å². The van der Waals surface area contributed by atoms with E-state index in [4.69, 9.17) is 17.3 Å². The highest BCUT2D eigenvalue weighted by Crippen LogP contribution is 2.48. The first-order valence-electron chi connectivity index (χ1n) is 7.27. The van der Waals surface area contributed by atoms with E-state index in [1.54, 1.807) is 11.8 Å². The number of para-hydroxylation sites is 1. The first-order valence-corrected chi connectivity index (χ1v) is 8.47. The van der Waals surface area contributed by atoms with Gasteiger partial charge in [0.2, 0.25) is 5.91 Å². The van der Waals surface area contributed by atoms with E-state index in [-0.39, 0.29) is 5.91 Å². The molecule has 0 spiro atoms. The summed E-state index contributed by atoms with van der Waals surface area (Å²) in [6, 6.07) is 14.4. The van der Waals surface area contributed by atoms with Crippen molar-refractivity contribution in [2.75, 3.05) is 11.4 Å². The summed E-state index contributed by atoms with van der Waals surface area (Å²) < 4.78 is 0. The fourth-order valence-electron chi connectivity index (χ4n) is 2.61. The average Bonchev–Trinajstić information content (AvgIpc) is 2.50. The first-order chi connectivity index (χ1) is 10.6. The molecule has 1 aliphatic heterocycles.